The van der Waals surface area contributed by atoms with Crippen LogP contribution < -0.4 is 10.6 Å². The van der Waals surface area contributed by atoms with E-state index in [0.717, 1.165) is 5.56 Å². The number of nitrogens with zero attached hydrogens (tertiary/aromatic N) is 3. The molecular formula is C17H15F2N5OS. The highest BCUT2D eigenvalue weighted by atomic mass is 32.2. The third kappa shape index (κ3) is 4.79. The lowest BCUT2D eigenvalue weighted by Crippen LogP contribution is -2.28. The minimum absolute atomic E-state index is 0.257. The Kier molecular flexibility index (Phi) is 5.80. The number of benzene rings is 1. The number of rotatable bonds is 6. The summed E-state index contributed by atoms with van der Waals surface area (Å²) in [5.41, 5.74) is 1.16. The standard InChI is InChI=1S/C17H15F2N5OS/c18-16(19)26-14-5-2-1-4-13(14)23-17(25)21-11-12-6-8-20-15(10-12)24-9-3-7-22-24/h1-10,16H,11H2,(H2,21,23,25). The number of aromatic nitrogens is 3. The Morgan fingerprint density at radius 1 is 1.19 bits per heavy atom. The number of alkyl halides is 2. The first kappa shape index (κ1) is 17.9. The van der Waals surface area contributed by atoms with E-state index in [1.54, 1.807) is 59.7 Å². The van der Waals surface area contributed by atoms with E-state index in [4.69, 9.17) is 0 Å². The van der Waals surface area contributed by atoms with E-state index in [9.17, 15) is 13.6 Å². The van der Waals surface area contributed by atoms with Gasteiger partial charge in [-0.1, -0.05) is 23.9 Å². The Labute approximate surface area is 152 Å². The van der Waals surface area contributed by atoms with Crippen molar-refractivity contribution in [1.82, 2.24) is 20.1 Å². The fraction of sp³-hybridized carbons (Fsp3) is 0.118. The first-order chi connectivity index (χ1) is 12.6. The Bertz CT molecular complexity index is 873. The van der Waals surface area contributed by atoms with Crippen LogP contribution in [-0.4, -0.2) is 26.6 Å². The van der Waals surface area contributed by atoms with Crippen LogP contribution >= 0.6 is 11.8 Å². The quantitative estimate of drug-likeness (QED) is 0.641. The zero-order valence-corrected chi connectivity index (χ0v) is 14.3. The molecular weight excluding hydrogens is 360 g/mol. The van der Waals surface area contributed by atoms with Gasteiger partial charge in [0.25, 0.3) is 5.76 Å². The minimum atomic E-state index is -2.56. The molecule has 0 saturated carbocycles. The van der Waals surface area contributed by atoms with Crippen LogP contribution in [-0.2, 0) is 6.54 Å². The number of thioether (sulfide) groups is 1. The monoisotopic (exact) mass is 375 g/mol. The van der Waals surface area contributed by atoms with Crippen molar-refractivity contribution >= 4 is 23.5 Å². The van der Waals surface area contributed by atoms with Gasteiger partial charge < -0.3 is 10.6 Å². The predicted molar refractivity (Wildman–Crippen MR) is 95.5 cm³/mol. The van der Waals surface area contributed by atoms with E-state index in [1.165, 1.54) is 6.07 Å². The largest absolute Gasteiger partial charge is 0.334 e. The summed E-state index contributed by atoms with van der Waals surface area (Å²) in [6.45, 7) is 0.257. The van der Waals surface area contributed by atoms with Crippen molar-refractivity contribution in [2.45, 2.75) is 17.2 Å². The molecule has 0 unspecified atom stereocenters. The number of pyridine rings is 1. The molecule has 0 bridgehead atoms. The highest BCUT2D eigenvalue weighted by Crippen LogP contribution is 2.31. The average molecular weight is 375 g/mol. The molecule has 26 heavy (non-hydrogen) atoms. The average Bonchev–Trinajstić information content (AvgIpc) is 3.16. The highest BCUT2D eigenvalue weighted by Gasteiger charge is 2.11. The van der Waals surface area contributed by atoms with Gasteiger partial charge in [-0.2, -0.15) is 13.9 Å². The van der Waals surface area contributed by atoms with Crippen LogP contribution in [0.2, 0.25) is 0 Å². The number of halogens is 2. The summed E-state index contributed by atoms with van der Waals surface area (Å²) in [6, 6.07) is 11.3. The number of carbonyl (C=O) groups excluding carboxylic acids is 1. The van der Waals surface area contributed by atoms with Crippen LogP contribution in [0.1, 0.15) is 5.56 Å². The zero-order chi connectivity index (χ0) is 18.4. The summed E-state index contributed by atoms with van der Waals surface area (Å²) in [6.07, 6.45) is 5.04. The highest BCUT2D eigenvalue weighted by molar-refractivity contribution is 7.99. The number of nitrogens with one attached hydrogen (secondary N) is 2. The molecule has 1 aromatic carbocycles. The van der Waals surface area contributed by atoms with Gasteiger partial charge in [-0.3, -0.25) is 0 Å². The van der Waals surface area contributed by atoms with Crippen molar-refractivity contribution < 1.29 is 13.6 Å². The summed E-state index contributed by atoms with van der Waals surface area (Å²) in [4.78, 5) is 16.6. The topological polar surface area (TPSA) is 71.8 Å². The van der Waals surface area contributed by atoms with Crippen molar-refractivity contribution in [2.75, 3.05) is 5.32 Å². The van der Waals surface area contributed by atoms with E-state index < -0.39 is 11.8 Å². The Morgan fingerprint density at radius 3 is 2.81 bits per heavy atom. The molecule has 0 aliphatic rings. The van der Waals surface area contributed by atoms with Crippen LogP contribution in [0, 0.1) is 0 Å². The van der Waals surface area contributed by atoms with E-state index in [0.29, 0.717) is 28.2 Å². The van der Waals surface area contributed by atoms with Gasteiger partial charge in [0.05, 0.1) is 5.69 Å². The molecule has 6 nitrogen and oxygen atoms in total. The van der Waals surface area contributed by atoms with Crippen molar-refractivity contribution in [3.63, 3.8) is 0 Å². The number of hydrogen-bond donors (Lipinski definition) is 2. The summed E-state index contributed by atoms with van der Waals surface area (Å²) < 4.78 is 26.8. The number of urea groups is 1. The maximum atomic E-state index is 12.6. The first-order valence-electron chi connectivity index (χ1n) is 7.65. The molecule has 0 spiro atoms. The third-order valence-corrected chi connectivity index (χ3v) is 4.14. The number of para-hydroxylation sites is 1. The van der Waals surface area contributed by atoms with Crippen LogP contribution in [0.15, 0.2) is 66.0 Å². The SMILES string of the molecule is O=C(NCc1ccnc(-n2cccn2)c1)Nc1ccccc1SC(F)F. The molecule has 2 heterocycles. The van der Waals surface area contributed by atoms with Gasteiger partial charge >= 0.3 is 6.03 Å². The number of amides is 2. The lowest BCUT2D eigenvalue weighted by molar-refractivity contribution is 0.250. The van der Waals surface area contributed by atoms with Crippen molar-refractivity contribution in [3.05, 3.63) is 66.6 Å². The van der Waals surface area contributed by atoms with Crippen molar-refractivity contribution in [1.29, 1.82) is 0 Å². The van der Waals surface area contributed by atoms with Gasteiger partial charge in [0.2, 0.25) is 0 Å². The van der Waals surface area contributed by atoms with Crippen LogP contribution in [0.5, 0.6) is 0 Å². The summed E-state index contributed by atoms with van der Waals surface area (Å²) in [7, 11) is 0. The smallest absolute Gasteiger partial charge is 0.319 e. The van der Waals surface area contributed by atoms with E-state index in [1.807, 2.05) is 0 Å². The molecule has 2 aromatic heterocycles. The van der Waals surface area contributed by atoms with E-state index in [2.05, 4.69) is 20.7 Å². The van der Waals surface area contributed by atoms with Gasteiger partial charge in [-0.15, -0.1) is 0 Å². The molecule has 0 aliphatic heterocycles. The molecule has 134 valence electrons. The van der Waals surface area contributed by atoms with Crippen LogP contribution in [0.25, 0.3) is 5.82 Å². The Morgan fingerprint density at radius 2 is 2.04 bits per heavy atom. The number of anilines is 1. The van der Waals surface area contributed by atoms with Gasteiger partial charge in [0.15, 0.2) is 5.82 Å². The van der Waals surface area contributed by atoms with E-state index >= 15 is 0 Å². The molecule has 9 heteroatoms. The van der Waals surface area contributed by atoms with E-state index in [-0.39, 0.29) is 6.54 Å². The molecule has 0 fully saturated rings. The van der Waals surface area contributed by atoms with Gasteiger partial charge in [0.1, 0.15) is 0 Å². The van der Waals surface area contributed by atoms with Gasteiger partial charge in [0, 0.05) is 30.0 Å². The number of carbonyl (C=O) groups is 1. The summed E-state index contributed by atoms with van der Waals surface area (Å²) >= 11 is 0.388. The minimum Gasteiger partial charge on any atom is -0.334 e. The summed E-state index contributed by atoms with van der Waals surface area (Å²) in [5.74, 6) is -1.92. The van der Waals surface area contributed by atoms with Crippen LogP contribution in [0.4, 0.5) is 19.3 Å². The zero-order valence-electron chi connectivity index (χ0n) is 13.5. The summed E-state index contributed by atoms with van der Waals surface area (Å²) in [5, 5.41) is 9.39. The molecule has 0 saturated heterocycles. The molecule has 0 radical (unpaired) electrons. The van der Waals surface area contributed by atoms with Gasteiger partial charge in [-0.25, -0.2) is 14.5 Å². The maximum absolute atomic E-state index is 12.6. The second kappa shape index (κ2) is 8.43. The molecule has 3 rings (SSSR count). The van der Waals surface area contributed by atoms with Crippen molar-refractivity contribution in [3.8, 4) is 5.82 Å². The second-order valence-electron chi connectivity index (χ2n) is 5.16. The lowest BCUT2D eigenvalue weighted by atomic mass is 10.2. The third-order valence-electron chi connectivity index (χ3n) is 3.35. The fourth-order valence-corrected chi connectivity index (χ4v) is 2.81. The Balaban J connectivity index is 1.61. The van der Waals surface area contributed by atoms with Crippen LogP contribution in [0.3, 0.4) is 0 Å². The maximum Gasteiger partial charge on any atom is 0.319 e. The molecule has 2 N–H and O–H groups in total. The second-order valence-corrected chi connectivity index (χ2v) is 6.19. The molecule has 3 aromatic rings. The Hall–Kier alpha value is -2.94. The molecule has 0 atom stereocenters. The number of hydrogen-bond acceptors (Lipinski definition) is 4. The molecule has 0 aliphatic carbocycles. The fourth-order valence-electron chi connectivity index (χ4n) is 2.22. The predicted octanol–water partition coefficient (Wildman–Crippen LogP) is 3.90. The normalized spacial score (nSPS) is 10.7. The molecule has 2 amide bonds. The first-order valence-corrected chi connectivity index (χ1v) is 8.53. The van der Waals surface area contributed by atoms with Crippen molar-refractivity contribution in [2.24, 2.45) is 0 Å². The van der Waals surface area contributed by atoms with Gasteiger partial charge in [-0.05, 0) is 35.9 Å². The lowest BCUT2D eigenvalue weighted by Gasteiger charge is -2.11.